The number of unbranched alkanes of at least 4 members (excludes halogenated alkanes) is 1. The molecular formula is C14H26N4O2. The predicted molar refractivity (Wildman–Crippen MR) is 82.0 cm³/mol. The number of nitrogens with two attached hydrogens (primary N) is 2. The van der Waals surface area contributed by atoms with E-state index in [-0.39, 0.29) is 11.9 Å². The van der Waals surface area contributed by atoms with E-state index in [1.165, 1.54) is 0 Å². The van der Waals surface area contributed by atoms with Crippen molar-refractivity contribution in [3.05, 3.63) is 24.5 Å². The zero-order valence-electron chi connectivity index (χ0n) is 12.6. The molecular weight excluding hydrogens is 256 g/mol. The van der Waals surface area contributed by atoms with Crippen molar-refractivity contribution in [2.45, 2.75) is 39.2 Å². The standard InChI is InChI=1S/C14H26N4O2/c1-5-8-11(2)20-14(3,4)12(19)17-9-6-7-10-18-13(15)16/h5,8H,1,6-7,9-10H2,2-4H3,(H,17,19)(H4,15,16,18)/b11-8+. The van der Waals surface area contributed by atoms with Crippen molar-refractivity contribution in [1.82, 2.24) is 5.32 Å². The Bertz CT molecular complexity index is 383. The Balaban J connectivity index is 4.04. The van der Waals surface area contributed by atoms with Crippen molar-refractivity contribution in [1.29, 1.82) is 0 Å². The van der Waals surface area contributed by atoms with E-state index in [9.17, 15) is 4.79 Å². The van der Waals surface area contributed by atoms with Gasteiger partial charge in [-0.2, -0.15) is 0 Å². The average Bonchev–Trinajstić information content (AvgIpc) is 2.32. The molecule has 0 unspecified atom stereocenters. The van der Waals surface area contributed by atoms with Crippen LogP contribution >= 0.6 is 0 Å². The van der Waals surface area contributed by atoms with Gasteiger partial charge in [0, 0.05) is 13.1 Å². The first kappa shape index (κ1) is 18.0. The third-order valence-corrected chi connectivity index (χ3v) is 2.48. The number of nitrogens with zero attached hydrogens (tertiary/aromatic N) is 1. The molecule has 0 aliphatic heterocycles. The minimum absolute atomic E-state index is 0.0908. The lowest BCUT2D eigenvalue weighted by molar-refractivity contribution is -0.138. The summed E-state index contributed by atoms with van der Waals surface area (Å²) in [6.45, 7) is 9.95. The largest absolute Gasteiger partial charge is 0.483 e. The third kappa shape index (κ3) is 8.18. The number of ether oxygens (including phenoxy) is 1. The number of hydrogen-bond donors (Lipinski definition) is 3. The fourth-order valence-corrected chi connectivity index (χ4v) is 1.51. The Morgan fingerprint density at radius 3 is 2.60 bits per heavy atom. The highest BCUT2D eigenvalue weighted by Gasteiger charge is 2.29. The highest BCUT2D eigenvalue weighted by molar-refractivity contribution is 5.84. The zero-order chi connectivity index (χ0) is 15.6. The normalized spacial score (nSPS) is 11.7. The van der Waals surface area contributed by atoms with E-state index in [2.05, 4.69) is 16.9 Å². The van der Waals surface area contributed by atoms with Crippen LogP contribution in [0.2, 0.25) is 0 Å². The minimum Gasteiger partial charge on any atom is -0.483 e. The molecule has 0 aromatic heterocycles. The molecule has 0 saturated carbocycles. The summed E-state index contributed by atoms with van der Waals surface area (Å²) in [7, 11) is 0. The summed E-state index contributed by atoms with van der Waals surface area (Å²) in [6.07, 6.45) is 4.95. The van der Waals surface area contributed by atoms with Crippen LogP contribution in [0.15, 0.2) is 29.5 Å². The van der Waals surface area contributed by atoms with Crippen LogP contribution in [0.4, 0.5) is 0 Å². The highest BCUT2D eigenvalue weighted by Crippen LogP contribution is 2.14. The molecule has 0 rings (SSSR count). The number of hydrogen-bond acceptors (Lipinski definition) is 3. The molecule has 6 heteroatoms. The lowest BCUT2D eigenvalue weighted by Crippen LogP contribution is -2.44. The lowest BCUT2D eigenvalue weighted by atomic mass is 10.1. The topological polar surface area (TPSA) is 103 Å². The van der Waals surface area contributed by atoms with Gasteiger partial charge in [-0.3, -0.25) is 9.79 Å². The predicted octanol–water partition coefficient (Wildman–Crippen LogP) is 1.04. The first-order valence-corrected chi connectivity index (χ1v) is 6.61. The highest BCUT2D eigenvalue weighted by atomic mass is 16.5. The first-order chi connectivity index (χ1) is 9.29. The van der Waals surface area contributed by atoms with E-state index < -0.39 is 5.60 Å². The molecule has 0 atom stereocenters. The van der Waals surface area contributed by atoms with Crippen molar-refractivity contribution in [2.24, 2.45) is 16.5 Å². The zero-order valence-corrected chi connectivity index (χ0v) is 12.6. The van der Waals surface area contributed by atoms with Gasteiger partial charge in [-0.25, -0.2) is 0 Å². The van der Waals surface area contributed by atoms with E-state index >= 15 is 0 Å². The molecule has 0 radical (unpaired) electrons. The van der Waals surface area contributed by atoms with Gasteiger partial charge in [-0.05, 0) is 39.7 Å². The van der Waals surface area contributed by atoms with Crippen LogP contribution in [0.1, 0.15) is 33.6 Å². The number of guanidine groups is 1. The van der Waals surface area contributed by atoms with Gasteiger partial charge in [0.25, 0.3) is 5.91 Å². The molecule has 0 heterocycles. The second-order valence-electron chi connectivity index (χ2n) is 4.89. The van der Waals surface area contributed by atoms with Gasteiger partial charge in [0.05, 0.1) is 5.76 Å². The van der Waals surface area contributed by atoms with Gasteiger partial charge < -0.3 is 21.5 Å². The Hall–Kier alpha value is -1.98. The fourth-order valence-electron chi connectivity index (χ4n) is 1.51. The van der Waals surface area contributed by atoms with E-state index in [1.807, 2.05) is 0 Å². The van der Waals surface area contributed by atoms with Crippen LogP contribution in [-0.4, -0.2) is 30.6 Å². The second-order valence-corrected chi connectivity index (χ2v) is 4.89. The number of nitrogens with one attached hydrogen (secondary N) is 1. The van der Waals surface area contributed by atoms with Crippen molar-refractivity contribution >= 4 is 11.9 Å². The molecule has 1 amide bonds. The molecule has 0 aliphatic rings. The lowest BCUT2D eigenvalue weighted by Gasteiger charge is -2.25. The number of aliphatic imine (C=N–C) groups is 1. The van der Waals surface area contributed by atoms with E-state index in [0.29, 0.717) is 18.8 Å². The van der Waals surface area contributed by atoms with Gasteiger partial charge in [-0.1, -0.05) is 12.7 Å². The maximum absolute atomic E-state index is 12.0. The number of carbonyl (C=O) groups is 1. The summed E-state index contributed by atoms with van der Waals surface area (Å²) >= 11 is 0. The van der Waals surface area contributed by atoms with Crippen LogP contribution in [0, 0.1) is 0 Å². The molecule has 0 saturated heterocycles. The van der Waals surface area contributed by atoms with Gasteiger partial charge in [-0.15, -0.1) is 0 Å². The Kier molecular flexibility index (Phi) is 8.12. The van der Waals surface area contributed by atoms with E-state index in [4.69, 9.17) is 16.2 Å². The van der Waals surface area contributed by atoms with Crippen molar-refractivity contribution < 1.29 is 9.53 Å². The van der Waals surface area contributed by atoms with Gasteiger partial charge in [0.15, 0.2) is 11.6 Å². The summed E-state index contributed by atoms with van der Waals surface area (Å²) in [5.41, 5.74) is 9.51. The SMILES string of the molecule is C=C/C=C(\C)OC(C)(C)C(=O)NCCCCN=C(N)N. The molecule has 5 N–H and O–H groups in total. The molecule has 114 valence electrons. The monoisotopic (exact) mass is 282 g/mol. The van der Waals surface area contributed by atoms with Crippen LogP contribution in [0.5, 0.6) is 0 Å². The van der Waals surface area contributed by atoms with Crippen molar-refractivity contribution in [2.75, 3.05) is 13.1 Å². The maximum atomic E-state index is 12.0. The number of amides is 1. The van der Waals surface area contributed by atoms with Gasteiger partial charge >= 0.3 is 0 Å². The maximum Gasteiger partial charge on any atom is 0.263 e. The molecule has 0 aromatic rings. The third-order valence-electron chi connectivity index (χ3n) is 2.48. The summed E-state index contributed by atoms with van der Waals surface area (Å²) in [5, 5.41) is 2.83. The Morgan fingerprint density at radius 1 is 1.40 bits per heavy atom. The van der Waals surface area contributed by atoms with Crippen LogP contribution in [-0.2, 0) is 9.53 Å². The summed E-state index contributed by atoms with van der Waals surface area (Å²) in [6, 6.07) is 0. The molecule has 0 aliphatic carbocycles. The summed E-state index contributed by atoms with van der Waals surface area (Å²) in [5.74, 6) is 0.581. The molecule has 20 heavy (non-hydrogen) atoms. The smallest absolute Gasteiger partial charge is 0.263 e. The molecule has 0 bridgehead atoms. The average molecular weight is 282 g/mol. The number of rotatable bonds is 9. The Morgan fingerprint density at radius 2 is 2.05 bits per heavy atom. The Labute approximate surface area is 121 Å². The summed E-state index contributed by atoms with van der Waals surface area (Å²) < 4.78 is 5.57. The fraction of sp³-hybridized carbons (Fsp3) is 0.571. The number of carbonyl (C=O) groups excluding carboxylic acids is 1. The van der Waals surface area contributed by atoms with Gasteiger partial charge in [0.2, 0.25) is 0 Å². The van der Waals surface area contributed by atoms with E-state index in [0.717, 1.165) is 12.8 Å². The summed E-state index contributed by atoms with van der Waals surface area (Å²) in [4.78, 5) is 15.9. The number of allylic oxidation sites excluding steroid dienone is 3. The molecule has 0 aromatic carbocycles. The molecule has 6 nitrogen and oxygen atoms in total. The van der Waals surface area contributed by atoms with Gasteiger partial charge in [0.1, 0.15) is 0 Å². The van der Waals surface area contributed by atoms with E-state index in [1.54, 1.807) is 32.9 Å². The second kappa shape index (κ2) is 9.01. The first-order valence-electron chi connectivity index (χ1n) is 6.61. The minimum atomic E-state index is -0.913. The molecule has 0 spiro atoms. The van der Waals surface area contributed by atoms with Crippen molar-refractivity contribution in [3.8, 4) is 0 Å². The van der Waals surface area contributed by atoms with Crippen LogP contribution in [0.3, 0.4) is 0 Å². The van der Waals surface area contributed by atoms with Crippen LogP contribution in [0.25, 0.3) is 0 Å². The molecule has 0 fully saturated rings. The quantitative estimate of drug-likeness (QED) is 0.193. The van der Waals surface area contributed by atoms with Crippen LogP contribution < -0.4 is 16.8 Å². The van der Waals surface area contributed by atoms with Crippen molar-refractivity contribution in [3.63, 3.8) is 0 Å².